The Hall–Kier alpha value is -3.26. The summed E-state index contributed by atoms with van der Waals surface area (Å²) in [4.78, 5) is 0. The molecule has 0 atom stereocenters. The van der Waals surface area contributed by atoms with Crippen LogP contribution >= 0.6 is 0 Å². The summed E-state index contributed by atoms with van der Waals surface area (Å²) < 4.78 is 41.2. The van der Waals surface area contributed by atoms with E-state index in [0.29, 0.717) is 0 Å². The summed E-state index contributed by atoms with van der Waals surface area (Å²) in [5.41, 5.74) is 4.69. The molecule has 2 aromatic carbocycles. The number of aromatic nitrogens is 1. The minimum atomic E-state index is -4.45. The standard InChI is InChI=1S/C24H21F3N2/c1-4-18-8-5-6-11-23(18)29-16(2)12-20(17(29)3)13-21(15-28)19-9-7-10-22(14-19)24(25,26)27/h5-14H,4H2,1-3H3/b21-13-. The number of halogens is 3. The van der Waals surface area contributed by atoms with Gasteiger partial charge in [0.05, 0.1) is 17.2 Å². The fraction of sp³-hybridized carbons (Fsp3) is 0.208. The molecule has 0 aliphatic rings. The fourth-order valence-corrected chi connectivity index (χ4v) is 3.53. The summed E-state index contributed by atoms with van der Waals surface area (Å²) in [7, 11) is 0. The van der Waals surface area contributed by atoms with Crippen LogP contribution in [0.4, 0.5) is 13.2 Å². The molecule has 3 aromatic rings. The Balaban J connectivity index is 2.10. The first kappa shape index (κ1) is 20.5. The summed E-state index contributed by atoms with van der Waals surface area (Å²) >= 11 is 0. The van der Waals surface area contributed by atoms with Crippen LogP contribution in [0.2, 0.25) is 0 Å². The van der Waals surface area contributed by atoms with Crippen LogP contribution in [0.25, 0.3) is 17.3 Å². The van der Waals surface area contributed by atoms with Gasteiger partial charge in [0.1, 0.15) is 0 Å². The summed E-state index contributed by atoms with van der Waals surface area (Å²) in [5, 5.41) is 9.59. The molecule has 0 amide bonds. The first-order valence-corrected chi connectivity index (χ1v) is 9.33. The minimum Gasteiger partial charge on any atom is -0.318 e. The van der Waals surface area contributed by atoms with E-state index in [-0.39, 0.29) is 11.1 Å². The number of hydrogen-bond donors (Lipinski definition) is 0. The van der Waals surface area contributed by atoms with Gasteiger partial charge in [-0.1, -0.05) is 37.3 Å². The van der Waals surface area contributed by atoms with E-state index in [2.05, 4.69) is 17.6 Å². The van der Waals surface area contributed by atoms with E-state index >= 15 is 0 Å². The molecule has 0 radical (unpaired) electrons. The highest BCUT2D eigenvalue weighted by atomic mass is 19.4. The zero-order valence-electron chi connectivity index (χ0n) is 16.5. The smallest absolute Gasteiger partial charge is 0.318 e. The number of benzene rings is 2. The van der Waals surface area contributed by atoms with Crippen molar-refractivity contribution in [3.8, 4) is 11.8 Å². The van der Waals surface area contributed by atoms with Gasteiger partial charge in [0, 0.05) is 17.1 Å². The van der Waals surface area contributed by atoms with Crippen molar-refractivity contribution in [1.29, 1.82) is 5.26 Å². The number of nitriles is 1. The molecular formula is C24H21F3N2. The van der Waals surface area contributed by atoms with Crippen molar-refractivity contribution in [3.63, 3.8) is 0 Å². The average Bonchev–Trinajstić information content (AvgIpc) is 2.98. The van der Waals surface area contributed by atoms with E-state index in [9.17, 15) is 18.4 Å². The second-order valence-corrected chi connectivity index (χ2v) is 6.89. The zero-order chi connectivity index (χ0) is 21.2. The molecular weight excluding hydrogens is 373 g/mol. The maximum atomic E-state index is 13.0. The van der Waals surface area contributed by atoms with Crippen molar-refractivity contribution in [1.82, 2.24) is 4.57 Å². The molecule has 3 rings (SSSR count). The number of rotatable bonds is 4. The van der Waals surface area contributed by atoms with E-state index in [1.807, 2.05) is 44.2 Å². The number of para-hydroxylation sites is 1. The highest BCUT2D eigenvalue weighted by Gasteiger charge is 2.30. The van der Waals surface area contributed by atoms with Crippen LogP contribution in [0.5, 0.6) is 0 Å². The van der Waals surface area contributed by atoms with Gasteiger partial charge in [0.2, 0.25) is 0 Å². The van der Waals surface area contributed by atoms with Crippen LogP contribution in [0.1, 0.15) is 40.6 Å². The highest BCUT2D eigenvalue weighted by Crippen LogP contribution is 2.32. The van der Waals surface area contributed by atoms with Crippen LogP contribution < -0.4 is 0 Å². The van der Waals surface area contributed by atoms with Crippen LogP contribution in [0.15, 0.2) is 54.6 Å². The molecule has 0 bridgehead atoms. The molecule has 0 aliphatic carbocycles. The van der Waals surface area contributed by atoms with E-state index in [0.717, 1.165) is 41.2 Å². The first-order valence-electron chi connectivity index (χ1n) is 9.33. The van der Waals surface area contributed by atoms with E-state index in [4.69, 9.17) is 0 Å². The Morgan fingerprint density at radius 1 is 1.07 bits per heavy atom. The largest absolute Gasteiger partial charge is 0.416 e. The third-order valence-electron chi connectivity index (χ3n) is 5.00. The lowest BCUT2D eigenvalue weighted by molar-refractivity contribution is -0.137. The lowest BCUT2D eigenvalue weighted by Crippen LogP contribution is -2.05. The van der Waals surface area contributed by atoms with Crippen molar-refractivity contribution in [2.45, 2.75) is 33.4 Å². The Labute approximate surface area is 168 Å². The predicted octanol–water partition coefficient (Wildman–Crippen LogP) is 6.74. The Morgan fingerprint density at radius 3 is 2.45 bits per heavy atom. The first-order chi connectivity index (χ1) is 13.8. The third kappa shape index (κ3) is 4.12. The summed E-state index contributed by atoms with van der Waals surface area (Å²) in [6.45, 7) is 6.02. The quantitative estimate of drug-likeness (QED) is 0.451. The lowest BCUT2D eigenvalue weighted by Gasteiger charge is -2.14. The maximum absolute atomic E-state index is 13.0. The Kier molecular flexibility index (Phi) is 5.65. The zero-order valence-corrected chi connectivity index (χ0v) is 16.5. The molecule has 1 heterocycles. The molecule has 0 fully saturated rings. The molecule has 0 spiro atoms. The van der Waals surface area contributed by atoms with Crippen molar-refractivity contribution >= 4 is 11.6 Å². The van der Waals surface area contributed by atoms with Gasteiger partial charge in [-0.3, -0.25) is 0 Å². The number of aryl methyl sites for hydroxylation is 2. The van der Waals surface area contributed by atoms with Crippen molar-refractivity contribution in [2.75, 3.05) is 0 Å². The second-order valence-electron chi connectivity index (χ2n) is 6.89. The van der Waals surface area contributed by atoms with E-state index in [1.54, 1.807) is 6.08 Å². The van der Waals surface area contributed by atoms with Gasteiger partial charge in [-0.15, -0.1) is 0 Å². The number of hydrogen-bond acceptors (Lipinski definition) is 1. The van der Waals surface area contributed by atoms with E-state index < -0.39 is 11.7 Å². The minimum absolute atomic E-state index is 0.195. The predicted molar refractivity (Wildman–Crippen MR) is 110 cm³/mol. The highest BCUT2D eigenvalue weighted by molar-refractivity contribution is 5.90. The van der Waals surface area contributed by atoms with Gasteiger partial charge in [-0.05, 0) is 67.3 Å². The lowest BCUT2D eigenvalue weighted by atomic mass is 10.0. The van der Waals surface area contributed by atoms with Crippen molar-refractivity contribution in [2.24, 2.45) is 0 Å². The fourth-order valence-electron chi connectivity index (χ4n) is 3.53. The molecule has 148 valence electrons. The molecule has 0 saturated heterocycles. The number of alkyl halides is 3. The molecule has 0 N–H and O–H groups in total. The topological polar surface area (TPSA) is 28.7 Å². The normalized spacial score (nSPS) is 12.1. The van der Waals surface area contributed by atoms with Crippen molar-refractivity contribution in [3.05, 3.63) is 88.2 Å². The van der Waals surface area contributed by atoms with Gasteiger partial charge < -0.3 is 4.57 Å². The van der Waals surface area contributed by atoms with Gasteiger partial charge >= 0.3 is 6.18 Å². The van der Waals surface area contributed by atoms with Gasteiger partial charge in [0.15, 0.2) is 0 Å². The molecule has 29 heavy (non-hydrogen) atoms. The molecule has 2 nitrogen and oxygen atoms in total. The van der Waals surface area contributed by atoms with Crippen LogP contribution in [-0.4, -0.2) is 4.57 Å². The summed E-state index contributed by atoms with van der Waals surface area (Å²) in [6.07, 6.45) is -1.91. The van der Waals surface area contributed by atoms with Gasteiger partial charge in [0.25, 0.3) is 0 Å². The SMILES string of the molecule is CCc1ccccc1-n1c(C)cc(/C=C(/C#N)c2cccc(C(F)(F)F)c2)c1C. The monoisotopic (exact) mass is 394 g/mol. The molecule has 0 unspecified atom stereocenters. The number of allylic oxidation sites excluding steroid dienone is 1. The maximum Gasteiger partial charge on any atom is 0.416 e. The molecule has 5 heteroatoms. The Morgan fingerprint density at radius 2 is 1.79 bits per heavy atom. The average molecular weight is 394 g/mol. The van der Waals surface area contributed by atoms with Crippen LogP contribution in [-0.2, 0) is 12.6 Å². The second kappa shape index (κ2) is 8.00. The van der Waals surface area contributed by atoms with E-state index in [1.165, 1.54) is 17.7 Å². The molecule has 0 aliphatic heterocycles. The van der Waals surface area contributed by atoms with Crippen molar-refractivity contribution < 1.29 is 13.2 Å². The third-order valence-corrected chi connectivity index (χ3v) is 5.00. The molecule has 0 saturated carbocycles. The van der Waals surface area contributed by atoms with Gasteiger partial charge in [-0.25, -0.2) is 0 Å². The Bertz CT molecular complexity index is 1110. The van der Waals surface area contributed by atoms with Crippen LogP contribution in [0, 0.1) is 25.2 Å². The number of nitrogens with zero attached hydrogens (tertiary/aromatic N) is 2. The molecule has 1 aromatic heterocycles. The van der Waals surface area contributed by atoms with Gasteiger partial charge in [-0.2, -0.15) is 18.4 Å². The summed E-state index contributed by atoms with van der Waals surface area (Å²) in [5.74, 6) is 0. The summed E-state index contributed by atoms with van der Waals surface area (Å²) in [6, 6.07) is 17.0. The van der Waals surface area contributed by atoms with Crippen LogP contribution in [0.3, 0.4) is 0 Å².